The van der Waals surface area contributed by atoms with Crippen molar-refractivity contribution in [2.24, 2.45) is 0 Å². The van der Waals surface area contributed by atoms with Crippen molar-refractivity contribution >= 4 is 40.1 Å². The monoisotopic (exact) mass is 385 g/mol. The Morgan fingerprint density at radius 2 is 1.79 bits per heavy atom. The summed E-state index contributed by atoms with van der Waals surface area (Å²) in [7, 11) is 0. The van der Waals surface area contributed by atoms with E-state index >= 15 is 0 Å². The lowest BCUT2D eigenvalue weighted by molar-refractivity contribution is 0.0951. The zero-order valence-corrected chi connectivity index (χ0v) is 13.1. The molecule has 0 bridgehead atoms. The van der Waals surface area contributed by atoms with Crippen LogP contribution in [0, 0.1) is 3.57 Å². The van der Waals surface area contributed by atoms with Gasteiger partial charge in [0.15, 0.2) is 0 Å². The Bertz CT molecular complexity index is 569. The van der Waals surface area contributed by atoms with Gasteiger partial charge in [0.05, 0.1) is 0 Å². The number of carbonyl (C=O) groups is 1. The van der Waals surface area contributed by atoms with E-state index in [-0.39, 0.29) is 5.91 Å². The van der Waals surface area contributed by atoms with Gasteiger partial charge < -0.3 is 5.32 Å². The first kappa shape index (κ1) is 14.3. The Labute approximate surface area is 131 Å². The lowest BCUT2D eigenvalue weighted by Crippen LogP contribution is -2.22. The smallest absolute Gasteiger partial charge is 0.251 e. The quantitative estimate of drug-likeness (QED) is 0.626. The van der Waals surface area contributed by atoms with E-state index in [0.717, 1.165) is 14.7 Å². The second-order valence-corrected chi connectivity index (χ2v) is 5.66. The molecule has 0 fully saturated rings. The number of benzene rings is 2. The highest BCUT2D eigenvalue weighted by Gasteiger charge is 2.04. The van der Waals surface area contributed by atoms with Crippen molar-refractivity contribution in [3.05, 3.63) is 68.8 Å². The van der Waals surface area contributed by atoms with Crippen LogP contribution in [0.25, 0.3) is 0 Å². The number of halogens is 2. The minimum absolute atomic E-state index is 0.0623. The molecule has 2 aromatic carbocycles. The van der Waals surface area contributed by atoms with Gasteiger partial charge in [-0.3, -0.25) is 4.79 Å². The molecule has 0 aromatic heterocycles. The Morgan fingerprint density at radius 1 is 1.11 bits per heavy atom. The van der Waals surface area contributed by atoms with Crippen LogP contribution < -0.4 is 5.32 Å². The number of amides is 1. The molecule has 2 nitrogen and oxygen atoms in total. The van der Waals surface area contributed by atoms with Gasteiger partial charge in [0.2, 0.25) is 0 Å². The normalized spacial score (nSPS) is 10.2. The van der Waals surface area contributed by atoms with Gasteiger partial charge >= 0.3 is 0 Å². The number of hydrogen-bond acceptors (Lipinski definition) is 1. The number of carbonyl (C=O) groups excluding carboxylic acids is 1. The van der Waals surface area contributed by atoms with Gasteiger partial charge in [-0.05, 0) is 58.0 Å². The highest BCUT2D eigenvalue weighted by molar-refractivity contribution is 14.1. The summed E-state index contributed by atoms with van der Waals surface area (Å²) in [5.41, 5.74) is 2.79. The van der Waals surface area contributed by atoms with Crippen LogP contribution in [0.4, 0.5) is 0 Å². The minimum atomic E-state index is -0.0623. The highest BCUT2D eigenvalue weighted by atomic mass is 127. The lowest BCUT2D eigenvalue weighted by Gasteiger charge is -2.06. The molecule has 0 atom stereocenters. The fourth-order valence-electron chi connectivity index (χ4n) is 1.71. The predicted molar refractivity (Wildman–Crippen MR) is 86.3 cm³/mol. The number of rotatable bonds is 4. The number of hydrogen-bond donors (Lipinski definition) is 1. The van der Waals surface area contributed by atoms with E-state index in [2.05, 4.69) is 27.9 Å². The van der Waals surface area contributed by atoms with Gasteiger partial charge in [0.1, 0.15) is 0 Å². The van der Waals surface area contributed by atoms with Crippen molar-refractivity contribution in [1.82, 2.24) is 5.32 Å². The SMILES string of the molecule is O=C(NCc1cccc(CCl)c1)c1ccc(I)cc1. The van der Waals surface area contributed by atoms with Gasteiger partial charge in [-0.25, -0.2) is 0 Å². The van der Waals surface area contributed by atoms with E-state index < -0.39 is 0 Å². The first-order valence-electron chi connectivity index (χ1n) is 5.86. The maximum absolute atomic E-state index is 11.9. The molecule has 2 rings (SSSR count). The van der Waals surface area contributed by atoms with Crippen LogP contribution in [0.1, 0.15) is 21.5 Å². The van der Waals surface area contributed by atoms with Crippen molar-refractivity contribution in [3.63, 3.8) is 0 Å². The Hall–Kier alpha value is -1.07. The van der Waals surface area contributed by atoms with Crippen LogP contribution in [0.2, 0.25) is 0 Å². The van der Waals surface area contributed by atoms with Crippen molar-refractivity contribution in [1.29, 1.82) is 0 Å². The maximum Gasteiger partial charge on any atom is 0.251 e. The molecule has 98 valence electrons. The largest absolute Gasteiger partial charge is 0.348 e. The first-order valence-corrected chi connectivity index (χ1v) is 7.48. The molecule has 1 N–H and O–H groups in total. The summed E-state index contributed by atoms with van der Waals surface area (Å²) in [4.78, 5) is 11.9. The third-order valence-electron chi connectivity index (χ3n) is 2.71. The molecule has 0 spiro atoms. The minimum Gasteiger partial charge on any atom is -0.348 e. The van der Waals surface area contributed by atoms with Crippen LogP contribution >= 0.6 is 34.2 Å². The van der Waals surface area contributed by atoms with Gasteiger partial charge in [0.25, 0.3) is 5.91 Å². The molecule has 2 aromatic rings. The average Bonchev–Trinajstić information content (AvgIpc) is 2.46. The van der Waals surface area contributed by atoms with Crippen LogP contribution in [-0.4, -0.2) is 5.91 Å². The van der Waals surface area contributed by atoms with Crippen LogP contribution in [0.5, 0.6) is 0 Å². The van der Waals surface area contributed by atoms with Crippen molar-refractivity contribution in [2.45, 2.75) is 12.4 Å². The molecule has 1 amide bonds. The van der Waals surface area contributed by atoms with Crippen molar-refractivity contribution < 1.29 is 4.79 Å². The number of alkyl halides is 1. The molecule has 0 saturated heterocycles. The molecule has 0 radical (unpaired) electrons. The lowest BCUT2D eigenvalue weighted by atomic mass is 10.1. The van der Waals surface area contributed by atoms with Gasteiger partial charge in [-0.15, -0.1) is 11.6 Å². The van der Waals surface area contributed by atoms with Crippen LogP contribution in [-0.2, 0) is 12.4 Å². The molecule has 0 aliphatic carbocycles. The standard InChI is InChI=1S/C15H13ClINO/c16-9-11-2-1-3-12(8-11)10-18-15(19)13-4-6-14(17)7-5-13/h1-8H,9-10H2,(H,18,19). The second kappa shape index (κ2) is 6.91. The fraction of sp³-hybridized carbons (Fsp3) is 0.133. The van der Waals surface area contributed by atoms with Gasteiger partial charge in [0, 0.05) is 21.6 Å². The molecule has 0 aliphatic heterocycles. The van der Waals surface area contributed by atoms with Crippen molar-refractivity contribution in [2.75, 3.05) is 0 Å². The van der Waals surface area contributed by atoms with E-state index in [1.165, 1.54) is 0 Å². The Kier molecular flexibility index (Phi) is 5.22. The molecule has 0 aliphatic rings. The third-order valence-corrected chi connectivity index (χ3v) is 3.73. The molecule has 0 heterocycles. The topological polar surface area (TPSA) is 29.1 Å². The summed E-state index contributed by atoms with van der Waals surface area (Å²) in [5.74, 6) is 0.423. The average molecular weight is 386 g/mol. The summed E-state index contributed by atoms with van der Waals surface area (Å²) in [6, 6.07) is 15.4. The van der Waals surface area contributed by atoms with E-state index in [0.29, 0.717) is 18.0 Å². The summed E-state index contributed by atoms with van der Waals surface area (Å²) >= 11 is 8.00. The molecule has 19 heavy (non-hydrogen) atoms. The third kappa shape index (κ3) is 4.21. The summed E-state index contributed by atoms with van der Waals surface area (Å²) < 4.78 is 1.11. The van der Waals surface area contributed by atoms with E-state index in [1.807, 2.05) is 48.5 Å². The summed E-state index contributed by atoms with van der Waals surface area (Å²) in [5, 5.41) is 2.90. The first-order chi connectivity index (χ1) is 9.19. The van der Waals surface area contributed by atoms with Gasteiger partial charge in [-0.2, -0.15) is 0 Å². The highest BCUT2D eigenvalue weighted by Crippen LogP contribution is 2.09. The van der Waals surface area contributed by atoms with Gasteiger partial charge in [-0.1, -0.05) is 24.3 Å². The maximum atomic E-state index is 11.9. The summed E-state index contributed by atoms with van der Waals surface area (Å²) in [6.45, 7) is 0.509. The molecular formula is C15H13ClINO. The zero-order chi connectivity index (χ0) is 13.7. The van der Waals surface area contributed by atoms with Crippen LogP contribution in [0.3, 0.4) is 0 Å². The molecule has 4 heteroatoms. The van der Waals surface area contributed by atoms with Crippen molar-refractivity contribution in [3.8, 4) is 0 Å². The Morgan fingerprint density at radius 3 is 2.47 bits per heavy atom. The molecule has 0 saturated carbocycles. The second-order valence-electron chi connectivity index (χ2n) is 4.14. The number of nitrogens with one attached hydrogen (secondary N) is 1. The van der Waals surface area contributed by atoms with E-state index in [1.54, 1.807) is 0 Å². The summed E-state index contributed by atoms with van der Waals surface area (Å²) in [6.07, 6.45) is 0. The molecular weight excluding hydrogens is 373 g/mol. The van der Waals surface area contributed by atoms with Crippen LogP contribution in [0.15, 0.2) is 48.5 Å². The molecule has 0 unspecified atom stereocenters. The fourth-order valence-corrected chi connectivity index (χ4v) is 2.23. The predicted octanol–water partition coefficient (Wildman–Crippen LogP) is 3.96. The van der Waals surface area contributed by atoms with E-state index in [4.69, 9.17) is 11.6 Å². The van der Waals surface area contributed by atoms with E-state index in [9.17, 15) is 4.79 Å². The Balaban J connectivity index is 1.98. The zero-order valence-electron chi connectivity index (χ0n) is 10.2.